The van der Waals surface area contributed by atoms with Crippen molar-refractivity contribution in [2.75, 3.05) is 6.61 Å². The van der Waals surface area contributed by atoms with Crippen molar-refractivity contribution >= 4 is 5.97 Å². The monoisotopic (exact) mass is 280 g/mol. The molecule has 1 aliphatic heterocycles. The summed E-state index contributed by atoms with van der Waals surface area (Å²) < 4.78 is 11.0. The Hall–Kier alpha value is -0.570. The molecule has 114 valence electrons. The quantitative estimate of drug-likeness (QED) is 0.405. The van der Waals surface area contributed by atoms with E-state index in [1.807, 2.05) is 0 Å². The number of esters is 1. The molecule has 3 fully saturated rings. The smallest absolute Gasteiger partial charge is 0.302 e. The number of carbonyl (C=O) groups excluding carboxylic acids is 1. The summed E-state index contributed by atoms with van der Waals surface area (Å²) in [7, 11) is 0. The second-order valence-electron chi connectivity index (χ2n) is 7.11. The predicted molar refractivity (Wildman–Crippen MR) is 77.3 cm³/mol. The van der Waals surface area contributed by atoms with Gasteiger partial charge in [0.25, 0.3) is 0 Å². The average molecular weight is 280 g/mol. The normalized spacial score (nSPS) is 39.2. The molecule has 0 aromatic rings. The Kier molecular flexibility index (Phi) is 4.07. The minimum Gasteiger partial charge on any atom is -0.463 e. The topological polar surface area (TPSA) is 38.8 Å². The molecule has 5 atom stereocenters. The van der Waals surface area contributed by atoms with Crippen molar-refractivity contribution in [3.63, 3.8) is 0 Å². The summed E-state index contributed by atoms with van der Waals surface area (Å²) in [6.07, 6.45) is 10.1. The van der Waals surface area contributed by atoms with Crippen LogP contribution in [0.1, 0.15) is 65.2 Å². The summed E-state index contributed by atoms with van der Waals surface area (Å²) in [4.78, 5) is 11.0. The molecule has 2 aliphatic carbocycles. The lowest BCUT2D eigenvalue weighted by atomic mass is 9.63. The van der Waals surface area contributed by atoms with Crippen LogP contribution < -0.4 is 0 Å². The highest BCUT2D eigenvalue weighted by Gasteiger charge is 2.66. The van der Waals surface area contributed by atoms with Crippen LogP contribution in [-0.4, -0.2) is 24.3 Å². The molecule has 1 heterocycles. The molecular weight excluding hydrogens is 252 g/mol. The number of rotatable bonds is 7. The van der Waals surface area contributed by atoms with Gasteiger partial charge in [0.15, 0.2) is 0 Å². The van der Waals surface area contributed by atoms with Gasteiger partial charge in [-0.2, -0.15) is 0 Å². The first-order valence-electron chi connectivity index (χ1n) is 8.46. The van der Waals surface area contributed by atoms with Gasteiger partial charge in [0.1, 0.15) is 6.10 Å². The third kappa shape index (κ3) is 2.74. The van der Waals surface area contributed by atoms with Crippen molar-refractivity contribution in [2.24, 2.45) is 17.8 Å². The molecule has 0 bridgehead atoms. The van der Waals surface area contributed by atoms with Gasteiger partial charge in [-0.3, -0.25) is 4.79 Å². The first kappa shape index (κ1) is 14.4. The zero-order valence-electron chi connectivity index (χ0n) is 12.9. The Labute approximate surface area is 122 Å². The standard InChI is InChI=1S/C17H28O3/c1-3-15(20-12(2)18)7-5-4-6-13-8-9-14-10-17(11-19-17)16(13)14/h13-16H,3-11H2,1-2H3. The number of unbranched alkanes of at least 4 members (excludes halogenated alkanes) is 1. The summed E-state index contributed by atoms with van der Waals surface area (Å²) in [6, 6.07) is 0. The molecule has 3 nitrogen and oxygen atoms in total. The molecule has 3 heteroatoms. The largest absolute Gasteiger partial charge is 0.463 e. The van der Waals surface area contributed by atoms with Crippen molar-refractivity contribution in [3.8, 4) is 0 Å². The Morgan fingerprint density at radius 1 is 1.40 bits per heavy atom. The molecule has 0 radical (unpaired) electrons. The van der Waals surface area contributed by atoms with Gasteiger partial charge in [-0.05, 0) is 56.3 Å². The highest BCUT2D eigenvalue weighted by Crippen LogP contribution is 2.64. The molecule has 0 N–H and O–H groups in total. The van der Waals surface area contributed by atoms with Crippen LogP contribution in [0.4, 0.5) is 0 Å². The number of epoxide rings is 1. The third-order valence-electron chi connectivity index (χ3n) is 5.79. The van der Waals surface area contributed by atoms with Crippen LogP contribution in [0.25, 0.3) is 0 Å². The number of hydrogen-bond acceptors (Lipinski definition) is 3. The summed E-state index contributed by atoms with van der Waals surface area (Å²) in [5.41, 5.74) is 0.357. The van der Waals surface area contributed by atoms with E-state index in [4.69, 9.17) is 9.47 Å². The molecule has 0 amide bonds. The third-order valence-corrected chi connectivity index (χ3v) is 5.79. The van der Waals surface area contributed by atoms with Crippen LogP contribution in [0.5, 0.6) is 0 Å². The molecule has 2 saturated carbocycles. The molecule has 1 spiro atoms. The summed E-state index contributed by atoms with van der Waals surface area (Å²) in [5, 5.41) is 0. The molecule has 1 saturated heterocycles. The fourth-order valence-corrected chi connectivity index (χ4v) is 4.77. The molecular formula is C17H28O3. The van der Waals surface area contributed by atoms with E-state index in [9.17, 15) is 4.79 Å². The van der Waals surface area contributed by atoms with E-state index in [1.54, 1.807) is 0 Å². The maximum absolute atomic E-state index is 11.0. The van der Waals surface area contributed by atoms with Crippen LogP contribution in [0.3, 0.4) is 0 Å². The molecule has 0 aromatic carbocycles. The summed E-state index contributed by atoms with van der Waals surface area (Å²) in [6.45, 7) is 4.64. The lowest BCUT2D eigenvalue weighted by molar-refractivity contribution is -0.146. The van der Waals surface area contributed by atoms with E-state index in [0.717, 1.165) is 37.2 Å². The highest BCUT2D eigenvalue weighted by molar-refractivity contribution is 5.66. The maximum atomic E-state index is 11.0. The zero-order chi connectivity index (χ0) is 14.2. The van der Waals surface area contributed by atoms with Gasteiger partial charge >= 0.3 is 5.97 Å². The SMILES string of the molecule is CCC(CCCCC1CCC2CC3(CO3)C12)OC(C)=O. The van der Waals surface area contributed by atoms with Gasteiger partial charge in [-0.25, -0.2) is 0 Å². The van der Waals surface area contributed by atoms with Crippen LogP contribution in [0.15, 0.2) is 0 Å². The van der Waals surface area contributed by atoms with Crippen LogP contribution in [0.2, 0.25) is 0 Å². The van der Waals surface area contributed by atoms with E-state index >= 15 is 0 Å². The molecule has 0 aromatic heterocycles. The maximum Gasteiger partial charge on any atom is 0.302 e. The van der Waals surface area contributed by atoms with Gasteiger partial charge in [0.2, 0.25) is 0 Å². The van der Waals surface area contributed by atoms with Gasteiger partial charge in [0.05, 0.1) is 12.2 Å². The van der Waals surface area contributed by atoms with Gasteiger partial charge in [-0.15, -0.1) is 0 Å². The molecule has 3 rings (SSSR count). The van der Waals surface area contributed by atoms with Gasteiger partial charge in [0, 0.05) is 6.92 Å². The van der Waals surface area contributed by atoms with Crippen molar-refractivity contribution in [1.82, 2.24) is 0 Å². The second-order valence-corrected chi connectivity index (χ2v) is 7.11. The van der Waals surface area contributed by atoms with E-state index in [1.165, 1.54) is 45.4 Å². The fourth-order valence-electron chi connectivity index (χ4n) is 4.77. The lowest BCUT2D eigenvalue weighted by Gasteiger charge is -2.41. The Balaban J connectivity index is 1.35. The lowest BCUT2D eigenvalue weighted by Crippen LogP contribution is -2.44. The van der Waals surface area contributed by atoms with E-state index in [-0.39, 0.29) is 12.1 Å². The molecule has 20 heavy (non-hydrogen) atoms. The zero-order valence-corrected chi connectivity index (χ0v) is 12.9. The van der Waals surface area contributed by atoms with Gasteiger partial charge in [-0.1, -0.05) is 19.8 Å². The summed E-state index contributed by atoms with van der Waals surface area (Å²) >= 11 is 0. The van der Waals surface area contributed by atoms with Crippen molar-refractivity contribution in [1.29, 1.82) is 0 Å². The van der Waals surface area contributed by atoms with Crippen LogP contribution in [-0.2, 0) is 14.3 Å². The highest BCUT2D eigenvalue weighted by atomic mass is 16.6. The minimum absolute atomic E-state index is 0.130. The van der Waals surface area contributed by atoms with Crippen LogP contribution in [0, 0.1) is 17.8 Å². The van der Waals surface area contributed by atoms with Crippen molar-refractivity contribution < 1.29 is 14.3 Å². The molecule has 3 aliphatic rings. The minimum atomic E-state index is -0.141. The van der Waals surface area contributed by atoms with Crippen molar-refractivity contribution in [2.45, 2.75) is 76.9 Å². The Bertz CT molecular complexity index is 361. The number of ether oxygens (including phenoxy) is 2. The van der Waals surface area contributed by atoms with Crippen LogP contribution >= 0.6 is 0 Å². The molecule has 5 unspecified atom stereocenters. The van der Waals surface area contributed by atoms with E-state index < -0.39 is 0 Å². The second kappa shape index (κ2) is 5.67. The number of hydrogen-bond donors (Lipinski definition) is 0. The van der Waals surface area contributed by atoms with Gasteiger partial charge < -0.3 is 9.47 Å². The Morgan fingerprint density at radius 3 is 2.85 bits per heavy atom. The number of fused-ring (bicyclic) bond motifs is 2. The number of carbonyl (C=O) groups is 1. The summed E-state index contributed by atoms with van der Waals surface area (Å²) in [5.74, 6) is 2.63. The van der Waals surface area contributed by atoms with E-state index in [2.05, 4.69) is 6.92 Å². The predicted octanol–water partition coefficient (Wildman–Crippen LogP) is 3.70. The first-order chi connectivity index (χ1) is 9.64. The van der Waals surface area contributed by atoms with Crippen molar-refractivity contribution in [3.05, 3.63) is 0 Å². The van der Waals surface area contributed by atoms with E-state index in [0.29, 0.717) is 5.60 Å². The Morgan fingerprint density at radius 2 is 2.20 bits per heavy atom. The first-order valence-corrected chi connectivity index (χ1v) is 8.46. The fraction of sp³-hybridized carbons (Fsp3) is 0.941. The average Bonchev–Trinajstić information content (AvgIpc) is 3.13.